The lowest BCUT2D eigenvalue weighted by atomic mass is 10.1. The van der Waals surface area contributed by atoms with Crippen molar-refractivity contribution in [2.75, 3.05) is 37.0 Å². The molecule has 31 heavy (non-hydrogen) atoms. The molecule has 2 N–H and O–H groups in total. The molecule has 3 rings (SSSR count). The minimum atomic E-state index is -3.62. The van der Waals surface area contributed by atoms with E-state index in [1.165, 1.54) is 24.3 Å². The fourth-order valence-corrected chi connectivity index (χ4v) is 4.40. The van der Waals surface area contributed by atoms with Gasteiger partial charge in [-0.05, 0) is 49.7 Å². The Morgan fingerprint density at radius 1 is 1.13 bits per heavy atom. The Labute approximate surface area is 182 Å². The number of nitrogens with zero attached hydrogens (tertiary/aromatic N) is 1. The van der Waals surface area contributed by atoms with Gasteiger partial charge in [0.25, 0.3) is 0 Å². The lowest BCUT2D eigenvalue weighted by Gasteiger charge is -2.17. The molecule has 0 aromatic heterocycles. The van der Waals surface area contributed by atoms with Crippen molar-refractivity contribution < 1.29 is 22.7 Å². The van der Waals surface area contributed by atoms with Crippen LogP contribution < -0.4 is 14.9 Å². The van der Waals surface area contributed by atoms with Crippen molar-refractivity contribution in [1.29, 1.82) is 0 Å². The van der Waals surface area contributed by atoms with Gasteiger partial charge in [0.15, 0.2) is 0 Å². The standard InChI is InChI=1S/C22H27N3O5S/c1-16-4-8-19(9-5-16)25-15-17(14-21(25)26)22(27)24-18-6-10-20(11-7-18)31(28,29)23-12-3-13-30-2/h4-11,17,23H,3,12-15H2,1-2H3,(H,24,27). The molecule has 9 heteroatoms. The van der Waals surface area contributed by atoms with Crippen molar-refractivity contribution in [3.05, 3.63) is 54.1 Å². The Morgan fingerprint density at radius 3 is 2.45 bits per heavy atom. The molecule has 0 saturated carbocycles. The van der Waals surface area contributed by atoms with Crippen molar-refractivity contribution in [2.24, 2.45) is 5.92 Å². The summed E-state index contributed by atoms with van der Waals surface area (Å²) in [5, 5.41) is 2.77. The molecular weight excluding hydrogens is 418 g/mol. The SMILES string of the molecule is COCCCNS(=O)(=O)c1ccc(NC(=O)C2CC(=O)N(c3ccc(C)cc3)C2)cc1. The van der Waals surface area contributed by atoms with E-state index in [9.17, 15) is 18.0 Å². The van der Waals surface area contributed by atoms with Gasteiger partial charge in [-0.2, -0.15) is 0 Å². The lowest BCUT2D eigenvalue weighted by Crippen LogP contribution is -2.28. The molecule has 1 heterocycles. The predicted molar refractivity (Wildman–Crippen MR) is 118 cm³/mol. The maximum Gasteiger partial charge on any atom is 0.240 e. The monoisotopic (exact) mass is 445 g/mol. The second-order valence-corrected chi connectivity index (χ2v) is 9.27. The van der Waals surface area contributed by atoms with Crippen LogP contribution in [0.5, 0.6) is 0 Å². The third kappa shape index (κ3) is 5.90. The van der Waals surface area contributed by atoms with Crippen LogP contribution in [-0.2, 0) is 24.3 Å². The largest absolute Gasteiger partial charge is 0.385 e. The van der Waals surface area contributed by atoms with E-state index in [1.54, 1.807) is 12.0 Å². The summed E-state index contributed by atoms with van der Waals surface area (Å²) in [4.78, 5) is 26.8. The van der Waals surface area contributed by atoms with Crippen LogP contribution in [0.2, 0.25) is 0 Å². The maximum atomic E-state index is 12.6. The first-order valence-electron chi connectivity index (χ1n) is 10.1. The molecule has 1 aliphatic rings. The highest BCUT2D eigenvalue weighted by Crippen LogP contribution is 2.26. The van der Waals surface area contributed by atoms with Crippen molar-refractivity contribution in [3.63, 3.8) is 0 Å². The van der Waals surface area contributed by atoms with Crippen LogP contribution in [-0.4, -0.2) is 47.0 Å². The van der Waals surface area contributed by atoms with Gasteiger partial charge in [-0.25, -0.2) is 13.1 Å². The summed E-state index contributed by atoms with van der Waals surface area (Å²) < 4.78 is 32.0. The van der Waals surface area contributed by atoms with Crippen molar-refractivity contribution >= 4 is 33.2 Å². The number of nitrogens with one attached hydrogen (secondary N) is 2. The molecule has 1 unspecified atom stereocenters. The van der Waals surface area contributed by atoms with Crippen LogP contribution >= 0.6 is 0 Å². The zero-order chi connectivity index (χ0) is 22.4. The number of benzene rings is 2. The third-order valence-corrected chi connectivity index (χ3v) is 6.57. The number of sulfonamides is 1. The molecule has 1 aliphatic heterocycles. The Morgan fingerprint density at radius 2 is 1.81 bits per heavy atom. The molecule has 2 amide bonds. The van der Waals surface area contributed by atoms with E-state index >= 15 is 0 Å². The van der Waals surface area contributed by atoms with Crippen LogP contribution in [0, 0.1) is 12.8 Å². The van der Waals surface area contributed by atoms with E-state index in [-0.39, 0.29) is 29.7 Å². The third-order valence-electron chi connectivity index (χ3n) is 5.09. The Hall–Kier alpha value is -2.75. The molecule has 0 spiro atoms. The van der Waals surface area contributed by atoms with Crippen LogP contribution in [0.4, 0.5) is 11.4 Å². The molecule has 2 aromatic carbocycles. The predicted octanol–water partition coefficient (Wildman–Crippen LogP) is 2.30. The first-order valence-corrected chi connectivity index (χ1v) is 11.5. The number of hydrogen-bond donors (Lipinski definition) is 2. The van der Waals surface area contributed by atoms with Crippen LogP contribution in [0.1, 0.15) is 18.4 Å². The Kier molecular flexibility index (Phi) is 7.42. The van der Waals surface area contributed by atoms with Gasteiger partial charge < -0.3 is 15.0 Å². The number of anilines is 2. The molecule has 1 atom stereocenters. The quantitative estimate of drug-likeness (QED) is 0.577. The topological polar surface area (TPSA) is 105 Å². The number of amides is 2. The van der Waals surface area contributed by atoms with E-state index in [0.717, 1.165) is 11.3 Å². The number of methoxy groups -OCH3 is 1. The minimum absolute atomic E-state index is 0.0926. The highest BCUT2D eigenvalue weighted by atomic mass is 32.2. The molecular formula is C22H27N3O5S. The van der Waals surface area contributed by atoms with Crippen LogP contribution in [0.25, 0.3) is 0 Å². The van der Waals surface area contributed by atoms with E-state index in [4.69, 9.17) is 4.74 Å². The summed E-state index contributed by atoms with van der Waals surface area (Å²) in [5.74, 6) is -0.832. The highest BCUT2D eigenvalue weighted by molar-refractivity contribution is 7.89. The number of aryl methyl sites for hydroxylation is 1. The van der Waals surface area contributed by atoms with Gasteiger partial charge in [-0.1, -0.05) is 17.7 Å². The molecule has 0 bridgehead atoms. The van der Waals surface area contributed by atoms with Crippen LogP contribution in [0.3, 0.4) is 0 Å². The average molecular weight is 446 g/mol. The second kappa shape index (κ2) is 10.0. The molecule has 0 aliphatic carbocycles. The highest BCUT2D eigenvalue weighted by Gasteiger charge is 2.35. The summed E-state index contributed by atoms with van der Waals surface area (Å²) in [7, 11) is -2.06. The van der Waals surface area contributed by atoms with Crippen molar-refractivity contribution in [3.8, 4) is 0 Å². The van der Waals surface area contributed by atoms with Gasteiger partial charge in [0.05, 0.1) is 10.8 Å². The Balaban J connectivity index is 1.58. The summed E-state index contributed by atoms with van der Waals surface area (Å²) in [6.07, 6.45) is 0.709. The van der Waals surface area contributed by atoms with E-state index in [1.807, 2.05) is 31.2 Å². The number of hydrogen-bond acceptors (Lipinski definition) is 5. The molecule has 8 nitrogen and oxygen atoms in total. The van der Waals surface area contributed by atoms with Gasteiger partial charge in [0.1, 0.15) is 0 Å². The van der Waals surface area contributed by atoms with Gasteiger partial charge in [-0.15, -0.1) is 0 Å². The number of carbonyl (C=O) groups excluding carboxylic acids is 2. The van der Waals surface area contributed by atoms with Crippen molar-refractivity contribution in [2.45, 2.75) is 24.7 Å². The smallest absolute Gasteiger partial charge is 0.240 e. The van der Waals surface area contributed by atoms with E-state index in [2.05, 4.69) is 10.0 Å². The van der Waals surface area contributed by atoms with Crippen molar-refractivity contribution in [1.82, 2.24) is 4.72 Å². The first-order chi connectivity index (χ1) is 14.8. The van der Waals surface area contributed by atoms with E-state index < -0.39 is 15.9 Å². The van der Waals surface area contributed by atoms with Gasteiger partial charge >= 0.3 is 0 Å². The average Bonchev–Trinajstić information content (AvgIpc) is 3.14. The van der Waals surface area contributed by atoms with E-state index in [0.29, 0.717) is 25.3 Å². The summed E-state index contributed by atoms with van der Waals surface area (Å²) in [5.41, 5.74) is 2.35. The molecule has 1 fully saturated rings. The molecule has 1 saturated heterocycles. The minimum Gasteiger partial charge on any atom is -0.385 e. The molecule has 0 radical (unpaired) electrons. The molecule has 166 valence electrons. The summed E-state index contributed by atoms with van der Waals surface area (Å²) in [6, 6.07) is 13.5. The fourth-order valence-electron chi connectivity index (χ4n) is 3.33. The van der Waals surface area contributed by atoms with Gasteiger partial charge in [0, 0.05) is 44.6 Å². The van der Waals surface area contributed by atoms with Crippen LogP contribution in [0.15, 0.2) is 53.4 Å². The normalized spacial score (nSPS) is 16.5. The van der Waals surface area contributed by atoms with Gasteiger partial charge in [0.2, 0.25) is 21.8 Å². The number of rotatable bonds is 9. The lowest BCUT2D eigenvalue weighted by molar-refractivity contribution is -0.122. The van der Waals surface area contributed by atoms with Gasteiger partial charge in [-0.3, -0.25) is 9.59 Å². The number of ether oxygens (including phenoxy) is 1. The maximum absolute atomic E-state index is 12.6. The summed E-state index contributed by atoms with van der Waals surface area (Å²) in [6.45, 7) is 3.03. The zero-order valence-corrected chi connectivity index (χ0v) is 18.4. The molecule has 2 aromatic rings. The zero-order valence-electron chi connectivity index (χ0n) is 17.6. The summed E-state index contributed by atoms with van der Waals surface area (Å²) >= 11 is 0. The second-order valence-electron chi connectivity index (χ2n) is 7.50. The Bertz CT molecular complexity index is 1020. The fraction of sp³-hybridized carbons (Fsp3) is 0.364. The first kappa shape index (κ1) is 22.9. The number of carbonyl (C=O) groups is 2.